The molecule has 1 aromatic heterocycles. The van der Waals surface area contributed by atoms with Gasteiger partial charge in [0.25, 0.3) is 0 Å². The molecule has 1 heterocycles. The first-order chi connectivity index (χ1) is 8.70. The minimum absolute atomic E-state index is 0.261. The molecule has 0 saturated heterocycles. The van der Waals surface area contributed by atoms with Crippen LogP contribution in [0.3, 0.4) is 0 Å². The molecule has 0 aliphatic heterocycles. The Balaban J connectivity index is 2.04. The molecule has 6 heteroatoms. The standard InChI is InChI=1S/C12H14FN3OS/c1-3-14-12-10(15-16-18-12)7-17-11-5-4-9(13)6-8(11)2/h4-6,14H,3,7H2,1-2H3. The molecule has 1 N–H and O–H groups in total. The predicted molar refractivity (Wildman–Crippen MR) is 69.5 cm³/mol. The van der Waals surface area contributed by atoms with E-state index >= 15 is 0 Å². The largest absolute Gasteiger partial charge is 0.487 e. The molecule has 2 aromatic rings. The van der Waals surface area contributed by atoms with Gasteiger partial charge < -0.3 is 10.1 Å². The summed E-state index contributed by atoms with van der Waals surface area (Å²) in [5.41, 5.74) is 1.54. The summed E-state index contributed by atoms with van der Waals surface area (Å²) < 4.78 is 22.4. The first-order valence-corrected chi connectivity index (χ1v) is 6.42. The van der Waals surface area contributed by atoms with Crippen molar-refractivity contribution in [2.45, 2.75) is 20.5 Å². The van der Waals surface area contributed by atoms with Gasteiger partial charge in [-0.2, -0.15) is 0 Å². The number of halogens is 1. The van der Waals surface area contributed by atoms with Gasteiger partial charge in [-0.1, -0.05) is 4.49 Å². The summed E-state index contributed by atoms with van der Waals surface area (Å²) in [7, 11) is 0. The molecular formula is C12H14FN3OS. The molecule has 0 fully saturated rings. The molecule has 0 saturated carbocycles. The van der Waals surface area contributed by atoms with Gasteiger partial charge in [0.15, 0.2) is 0 Å². The molecule has 0 amide bonds. The number of hydrogen-bond donors (Lipinski definition) is 1. The van der Waals surface area contributed by atoms with Crippen molar-refractivity contribution in [3.05, 3.63) is 35.3 Å². The molecule has 0 unspecified atom stereocenters. The third-order valence-corrected chi connectivity index (χ3v) is 3.12. The van der Waals surface area contributed by atoms with Crippen LogP contribution in [-0.2, 0) is 6.61 Å². The summed E-state index contributed by atoms with van der Waals surface area (Å²) in [4.78, 5) is 0. The number of hydrogen-bond acceptors (Lipinski definition) is 5. The van der Waals surface area contributed by atoms with Crippen LogP contribution in [0.15, 0.2) is 18.2 Å². The summed E-state index contributed by atoms with van der Waals surface area (Å²) in [6.45, 7) is 4.95. The van der Waals surface area contributed by atoms with E-state index in [1.807, 2.05) is 13.8 Å². The van der Waals surface area contributed by atoms with Gasteiger partial charge in [-0.25, -0.2) is 4.39 Å². The van der Waals surface area contributed by atoms with Crippen molar-refractivity contribution in [2.75, 3.05) is 11.9 Å². The third-order valence-electron chi connectivity index (χ3n) is 2.39. The molecule has 4 nitrogen and oxygen atoms in total. The number of nitrogens with one attached hydrogen (secondary N) is 1. The Morgan fingerprint density at radius 1 is 1.44 bits per heavy atom. The molecule has 0 spiro atoms. The summed E-state index contributed by atoms with van der Waals surface area (Å²) in [5.74, 6) is 0.398. The maximum Gasteiger partial charge on any atom is 0.136 e. The monoisotopic (exact) mass is 267 g/mol. The normalized spacial score (nSPS) is 10.4. The highest BCUT2D eigenvalue weighted by Gasteiger charge is 2.09. The SMILES string of the molecule is CCNc1snnc1COc1ccc(F)cc1C. The summed E-state index contributed by atoms with van der Waals surface area (Å²) in [5, 5.41) is 8.09. The van der Waals surface area contributed by atoms with Crippen LogP contribution >= 0.6 is 11.5 Å². The third kappa shape index (κ3) is 2.95. The zero-order valence-electron chi connectivity index (χ0n) is 10.2. The fraction of sp³-hybridized carbons (Fsp3) is 0.333. The summed E-state index contributed by atoms with van der Waals surface area (Å²) >= 11 is 1.30. The van der Waals surface area contributed by atoms with Gasteiger partial charge >= 0.3 is 0 Å². The zero-order chi connectivity index (χ0) is 13.0. The highest BCUT2D eigenvalue weighted by Crippen LogP contribution is 2.22. The number of rotatable bonds is 5. The highest BCUT2D eigenvalue weighted by molar-refractivity contribution is 7.10. The van der Waals surface area contributed by atoms with E-state index in [1.165, 1.54) is 23.7 Å². The Hall–Kier alpha value is -1.69. The molecule has 18 heavy (non-hydrogen) atoms. The molecule has 1 aromatic carbocycles. The minimum Gasteiger partial charge on any atom is -0.487 e. The van der Waals surface area contributed by atoms with E-state index in [4.69, 9.17) is 4.74 Å². The van der Waals surface area contributed by atoms with E-state index in [0.29, 0.717) is 12.4 Å². The summed E-state index contributed by atoms with van der Waals surface area (Å²) in [6, 6.07) is 4.45. The van der Waals surface area contributed by atoms with Gasteiger partial charge in [-0.05, 0) is 37.6 Å². The van der Waals surface area contributed by atoms with Crippen molar-refractivity contribution in [2.24, 2.45) is 0 Å². The highest BCUT2D eigenvalue weighted by atomic mass is 32.1. The number of anilines is 1. The Morgan fingerprint density at radius 2 is 2.28 bits per heavy atom. The lowest BCUT2D eigenvalue weighted by atomic mass is 10.2. The topological polar surface area (TPSA) is 47.0 Å². The maximum absolute atomic E-state index is 12.9. The maximum atomic E-state index is 12.9. The smallest absolute Gasteiger partial charge is 0.136 e. The van der Waals surface area contributed by atoms with E-state index in [1.54, 1.807) is 6.07 Å². The van der Waals surface area contributed by atoms with E-state index in [0.717, 1.165) is 22.8 Å². The van der Waals surface area contributed by atoms with Crippen LogP contribution < -0.4 is 10.1 Å². The fourth-order valence-corrected chi connectivity index (χ4v) is 2.15. The predicted octanol–water partition coefficient (Wildman–Crippen LogP) is 3.00. The number of nitrogens with zero attached hydrogens (tertiary/aromatic N) is 2. The van der Waals surface area contributed by atoms with Crippen molar-refractivity contribution in [1.29, 1.82) is 0 Å². The van der Waals surface area contributed by atoms with Crippen molar-refractivity contribution in [1.82, 2.24) is 9.59 Å². The number of aryl methyl sites for hydroxylation is 1. The number of ether oxygens (including phenoxy) is 1. The van der Waals surface area contributed by atoms with Crippen LogP contribution in [0.5, 0.6) is 5.75 Å². The van der Waals surface area contributed by atoms with Gasteiger partial charge in [0.05, 0.1) is 0 Å². The van der Waals surface area contributed by atoms with Gasteiger partial charge in [-0.3, -0.25) is 0 Å². The Bertz CT molecular complexity index is 530. The van der Waals surface area contributed by atoms with Gasteiger partial charge in [0, 0.05) is 18.1 Å². The molecule has 96 valence electrons. The van der Waals surface area contributed by atoms with Crippen molar-refractivity contribution in [3.63, 3.8) is 0 Å². The average Bonchev–Trinajstić information content (AvgIpc) is 2.76. The van der Waals surface area contributed by atoms with Gasteiger partial charge in [0.1, 0.15) is 28.9 Å². The molecule has 2 rings (SSSR count). The fourth-order valence-electron chi connectivity index (χ4n) is 1.52. The van der Waals surface area contributed by atoms with E-state index in [9.17, 15) is 4.39 Å². The second kappa shape index (κ2) is 5.77. The van der Waals surface area contributed by atoms with Crippen molar-refractivity contribution in [3.8, 4) is 5.75 Å². The van der Waals surface area contributed by atoms with Gasteiger partial charge in [-0.15, -0.1) is 5.10 Å². The van der Waals surface area contributed by atoms with Crippen LogP contribution in [-0.4, -0.2) is 16.1 Å². The lowest BCUT2D eigenvalue weighted by molar-refractivity contribution is 0.299. The Morgan fingerprint density at radius 3 is 3.00 bits per heavy atom. The zero-order valence-corrected chi connectivity index (χ0v) is 11.1. The lowest BCUT2D eigenvalue weighted by Crippen LogP contribution is -2.03. The second-order valence-corrected chi connectivity index (χ2v) is 4.53. The molecule has 0 aliphatic rings. The minimum atomic E-state index is -0.261. The molecule has 0 bridgehead atoms. The Kier molecular flexibility index (Phi) is 4.09. The van der Waals surface area contributed by atoms with Crippen molar-refractivity contribution < 1.29 is 9.13 Å². The second-order valence-electron chi connectivity index (χ2n) is 3.78. The summed E-state index contributed by atoms with van der Waals surface area (Å²) in [6.07, 6.45) is 0. The quantitative estimate of drug-likeness (QED) is 0.904. The van der Waals surface area contributed by atoms with Crippen LogP contribution in [0.4, 0.5) is 9.39 Å². The van der Waals surface area contributed by atoms with E-state index < -0.39 is 0 Å². The van der Waals surface area contributed by atoms with Gasteiger partial charge in [0.2, 0.25) is 0 Å². The number of aromatic nitrogens is 2. The van der Waals surface area contributed by atoms with E-state index in [2.05, 4.69) is 14.9 Å². The first kappa shape index (κ1) is 12.8. The van der Waals surface area contributed by atoms with E-state index in [-0.39, 0.29) is 5.82 Å². The first-order valence-electron chi connectivity index (χ1n) is 5.64. The Labute approximate surface area is 109 Å². The van der Waals surface area contributed by atoms with Crippen LogP contribution in [0.1, 0.15) is 18.2 Å². The number of benzene rings is 1. The molecule has 0 atom stereocenters. The molecular weight excluding hydrogens is 253 g/mol. The lowest BCUT2D eigenvalue weighted by Gasteiger charge is -2.08. The van der Waals surface area contributed by atoms with Crippen LogP contribution in [0.25, 0.3) is 0 Å². The van der Waals surface area contributed by atoms with Crippen molar-refractivity contribution >= 4 is 16.5 Å². The molecule has 0 aliphatic carbocycles. The van der Waals surface area contributed by atoms with Crippen LogP contribution in [0, 0.1) is 12.7 Å². The molecule has 0 radical (unpaired) electrons. The van der Waals surface area contributed by atoms with Crippen LogP contribution in [0.2, 0.25) is 0 Å². The average molecular weight is 267 g/mol.